The Balaban J connectivity index is 2.57. The van der Waals surface area contributed by atoms with Crippen LogP contribution in [0.3, 0.4) is 0 Å². The van der Waals surface area contributed by atoms with Crippen molar-refractivity contribution in [3.05, 3.63) is 30.0 Å². The molecule has 0 radical (unpaired) electrons. The average Bonchev–Trinajstić information content (AvgIpc) is 2.70. The van der Waals surface area contributed by atoms with Crippen molar-refractivity contribution in [2.75, 3.05) is 7.11 Å². The predicted molar refractivity (Wildman–Crippen MR) is 60.3 cm³/mol. The smallest absolute Gasteiger partial charge is 0.357 e. The maximum Gasteiger partial charge on any atom is 0.357 e. The van der Waals surface area contributed by atoms with E-state index in [1.54, 1.807) is 25.6 Å². The highest BCUT2D eigenvalue weighted by molar-refractivity contribution is 5.94. The Bertz CT molecular complexity index is 562. The van der Waals surface area contributed by atoms with Gasteiger partial charge in [-0.2, -0.15) is 5.10 Å². The third kappa shape index (κ3) is 2.01. The normalized spacial score (nSPS) is 10.3. The summed E-state index contributed by atoms with van der Waals surface area (Å²) in [5, 5.41) is 4.04. The zero-order valence-electron chi connectivity index (χ0n) is 9.84. The second-order valence-electron chi connectivity index (χ2n) is 3.57. The van der Waals surface area contributed by atoms with Crippen LogP contribution >= 0.6 is 0 Å². The quantitative estimate of drug-likeness (QED) is 0.721. The summed E-state index contributed by atoms with van der Waals surface area (Å²) in [5.41, 5.74) is 2.38. The van der Waals surface area contributed by atoms with E-state index in [9.17, 15) is 4.79 Å². The first-order chi connectivity index (χ1) is 8.13. The summed E-state index contributed by atoms with van der Waals surface area (Å²) in [6.07, 6.45) is 4.82. The van der Waals surface area contributed by atoms with Crippen LogP contribution < -0.4 is 0 Å². The van der Waals surface area contributed by atoms with E-state index in [2.05, 4.69) is 15.1 Å². The number of nitrogens with zero attached hydrogens (tertiary/aromatic N) is 4. The molecule has 6 nitrogen and oxygen atoms in total. The minimum Gasteiger partial charge on any atom is -0.464 e. The lowest BCUT2D eigenvalue weighted by Crippen LogP contribution is -2.10. The lowest BCUT2D eigenvalue weighted by molar-refractivity contribution is 0.0589. The molecule has 0 saturated carbocycles. The number of carbonyl (C=O) groups excluding carboxylic acids is 1. The van der Waals surface area contributed by atoms with Crippen LogP contribution in [-0.2, 0) is 11.8 Å². The van der Waals surface area contributed by atoms with Gasteiger partial charge in [-0.25, -0.2) is 9.78 Å². The van der Waals surface area contributed by atoms with Gasteiger partial charge in [-0.3, -0.25) is 9.67 Å². The maximum absolute atomic E-state index is 11.6. The third-order valence-corrected chi connectivity index (χ3v) is 2.35. The van der Waals surface area contributed by atoms with Gasteiger partial charge >= 0.3 is 5.97 Å². The van der Waals surface area contributed by atoms with Gasteiger partial charge in [0.25, 0.3) is 0 Å². The van der Waals surface area contributed by atoms with E-state index in [0.29, 0.717) is 17.0 Å². The number of hydrogen-bond donors (Lipinski definition) is 0. The molecule has 0 aliphatic rings. The molecule has 2 aromatic heterocycles. The monoisotopic (exact) mass is 232 g/mol. The standard InChI is InChI=1S/C11H12N4O2/c1-7-4-12-6-9(14-7)8-5-13-15(2)10(8)11(16)17-3/h4-6H,1-3H3. The fraction of sp³-hybridized carbons (Fsp3) is 0.273. The Hall–Kier alpha value is -2.24. The molecule has 0 atom stereocenters. The minimum absolute atomic E-state index is 0.368. The van der Waals surface area contributed by atoms with Crippen LogP contribution in [0.5, 0.6) is 0 Å². The van der Waals surface area contributed by atoms with Crippen molar-refractivity contribution in [1.29, 1.82) is 0 Å². The summed E-state index contributed by atoms with van der Waals surface area (Å²) in [5.74, 6) is -0.441. The Morgan fingerprint density at radius 3 is 2.76 bits per heavy atom. The zero-order chi connectivity index (χ0) is 12.4. The van der Waals surface area contributed by atoms with Crippen LogP contribution in [0.15, 0.2) is 18.6 Å². The van der Waals surface area contributed by atoms with E-state index in [0.717, 1.165) is 5.69 Å². The number of aryl methyl sites for hydroxylation is 2. The van der Waals surface area contributed by atoms with Crippen LogP contribution in [0, 0.1) is 6.92 Å². The van der Waals surface area contributed by atoms with Crippen molar-refractivity contribution >= 4 is 5.97 Å². The van der Waals surface area contributed by atoms with Gasteiger partial charge in [0.2, 0.25) is 0 Å². The predicted octanol–water partition coefficient (Wildman–Crippen LogP) is 0.972. The van der Waals surface area contributed by atoms with E-state index in [1.165, 1.54) is 11.8 Å². The van der Waals surface area contributed by atoms with Crippen molar-refractivity contribution in [1.82, 2.24) is 19.7 Å². The van der Waals surface area contributed by atoms with Crippen LogP contribution in [0.25, 0.3) is 11.3 Å². The summed E-state index contributed by atoms with van der Waals surface area (Å²) >= 11 is 0. The highest BCUT2D eigenvalue weighted by Gasteiger charge is 2.19. The SMILES string of the molecule is COC(=O)c1c(-c2cncc(C)n2)cnn1C. The number of esters is 1. The van der Waals surface area contributed by atoms with Crippen molar-refractivity contribution < 1.29 is 9.53 Å². The van der Waals surface area contributed by atoms with Crippen LogP contribution in [0.4, 0.5) is 0 Å². The molecule has 0 amide bonds. The first-order valence-electron chi connectivity index (χ1n) is 5.03. The molecule has 17 heavy (non-hydrogen) atoms. The maximum atomic E-state index is 11.6. The van der Waals surface area contributed by atoms with Gasteiger partial charge < -0.3 is 4.74 Å². The molecule has 0 aliphatic carbocycles. The van der Waals surface area contributed by atoms with Gasteiger partial charge in [-0.15, -0.1) is 0 Å². The second-order valence-corrected chi connectivity index (χ2v) is 3.57. The van der Waals surface area contributed by atoms with E-state index >= 15 is 0 Å². The molecule has 0 aliphatic heterocycles. The third-order valence-electron chi connectivity index (χ3n) is 2.35. The van der Waals surface area contributed by atoms with Gasteiger partial charge in [0.05, 0.1) is 36.5 Å². The molecule has 0 saturated heterocycles. The molecule has 6 heteroatoms. The van der Waals surface area contributed by atoms with Gasteiger partial charge in [0.1, 0.15) is 0 Å². The number of aromatic nitrogens is 4. The Morgan fingerprint density at radius 2 is 2.12 bits per heavy atom. The first-order valence-corrected chi connectivity index (χ1v) is 5.03. The number of ether oxygens (including phenoxy) is 1. The lowest BCUT2D eigenvalue weighted by Gasteiger charge is -2.03. The van der Waals surface area contributed by atoms with Crippen molar-refractivity contribution in [3.8, 4) is 11.3 Å². The summed E-state index contributed by atoms with van der Waals surface area (Å²) in [4.78, 5) is 20.0. The van der Waals surface area contributed by atoms with Crippen LogP contribution in [0.1, 0.15) is 16.2 Å². The minimum atomic E-state index is -0.441. The van der Waals surface area contributed by atoms with E-state index in [4.69, 9.17) is 4.74 Å². The Kier molecular flexibility index (Phi) is 2.86. The first kappa shape index (κ1) is 11.3. The lowest BCUT2D eigenvalue weighted by atomic mass is 10.2. The van der Waals surface area contributed by atoms with Crippen molar-refractivity contribution in [2.24, 2.45) is 7.05 Å². The zero-order valence-corrected chi connectivity index (χ0v) is 9.84. The second kappa shape index (κ2) is 4.32. The average molecular weight is 232 g/mol. The van der Waals surface area contributed by atoms with Gasteiger partial charge in [0.15, 0.2) is 5.69 Å². The molecule has 0 spiro atoms. The fourth-order valence-corrected chi connectivity index (χ4v) is 1.56. The molecule has 2 rings (SSSR count). The Labute approximate surface area is 98.3 Å². The molecular formula is C11H12N4O2. The number of methoxy groups -OCH3 is 1. The number of rotatable bonds is 2. The molecule has 0 unspecified atom stereocenters. The number of hydrogen-bond acceptors (Lipinski definition) is 5. The van der Waals surface area contributed by atoms with E-state index in [-0.39, 0.29) is 0 Å². The topological polar surface area (TPSA) is 69.9 Å². The largest absolute Gasteiger partial charge is 0.464 e. The molecule has 2 aromatic rings. The van der Waals surface area contributed by atoms with Crippen molar-refractivity contribution in [2.45, 2.75) is 6.92 Å². The molecule has 88 valence electrons. The van der Waals surface area contributed by atoms with Crippen LogP contribution in [0.2, 0.25) is 0 Å². The molecule has 0 aromatic carbocycles. The molecule has 0 fully saturated rings. The summed E-state index contributed by atoms with van der Waals surface area (Å²) in [6.45, 7) is 1.84. The highest BCUT2D eigenvalue weighted by Crippen LogP contribution is 2.21. The molecule has 2 heterocycles. The summed E-state index contributed by atoms with van der Waals surface area (Å²) < 4.78 is 6.18. The van der Waals surface area contributed by atoms with Gasteiger partial charge in [-0.1, -0.05) is 0 Å². The summed E-state index contributed by atoms with van der Waals surface area (Å²) in [6, 6.07) is 0. The molecule has 0 N–H and O–H groups in total. The Morgan fingerprint density at radius 1 is 1.35 bits per heavy atom. The van der Waals surface area contributed by atoms with E-state index < -0.39 is 5.97 Å². The van der Waals surface area contributed by atoms with Gasteiger partial charge in [-0.05, 0) is 6.92 Å². The van der Waals surface area contributed by atoms with E-state index in [1.807, 2.05) is 6.92 Å². The van der Waals surface area contributed by atoms with Crippen LogP contribution in [-0.4, -0.2) is 32.8 Å². The molecular weight excluding hydrogens is 220 g/mol. The fourth-order valence-electron chi connectivity index (χ4n) is 1.56. The van der Waals surface area contributed by atoms with Crippen molar-refractivity contribution in [3.63, 3.8) is 0 Å². The number of carbonyl (C=O) groups is 1. The summed E-state index contributed by atoms with van der Waals surface area (Å²) in [7, 11) is 3.01. The van der Waals surface area contributed by atoms with Gasteiger partial charge in [0, 0.05) is 13.2 Å². The highest BCUT2D eigenvalue weighted by atomic mass is 16.5. The molecule has 0 bridgehead atoms.